The Morgan fingerprint density at radius 1 is 0.882 bits per heavy atom. The van der Waals surface area contributed by atoms with Gasteiger partial charge in [0.25, 0.3) is 5.56 Å². The molecular weight excluding hydrogens is 444 g/mol. The van der Waals surface area contributed by atoms with Crippen molar-refractivity contribution in [2.24, 2.45) is 0 Å². The van der Waals surface area contributed by atoms with E-state index in [9.17, 15) is 4.79 Å². The number of hydrogen-bond acceptors (Lipinski definition) is 4. The summed E-state index contributed by atoms with van der Waals surface area (Å²) in [6.07, 6.45) is 0.563. The molecule has 1 aliphatic heterocycles. The summed E-state index contributed by atoms with van der Waals surface area (Å²) in [5, 5.41) is 0.731. The van der Waals surface area contributed by atoms with E-state index in [2.05, 4.69) is 41.0 Å². The molecule has 0 bridgehead atoms. The van der Waals surface area contributed by atoms with Gasteiger partial charge in [-0.25, -0.2) is 4.98 Å². The SMILES string of the molecule is Cc1ccc(N2CN(Cc3ccccc3Cl)Cn3c2nc(C)c(Cc2ccccc2)c3=O)cc1. The average molecular weight is 471 g/mol. The molecule has 0 N–H and O–H groups in total. The molecule has 172 valence electrons. The Bertz CT molecular complexity index is 1370. The van der Waals surface area contributed by atoms with Crippen LogP contribution in [0.2, 0.25) is 5.02 Å². The predicted octanol–water partition coefficient (Wildman–Crippen LogP) is 5.67. The van der Waals surface area contributed by atoms with Crippen molar-refractivity contribution < 1.29 is 0 Å². The molecule has 0 saturated heterocycles. The van der Waals surface area contributed by atoms with Crippen LogP contribution in [0.1, 0.15) is 27.9 Å². The largest absolute Gasteiger partial charge is 0.298 e. The number of anilines is 2. The summed E-state index contributed by atoms with van der Waals surface area (Å²) in [5.41, 5.74) is 5.85. The van der Waals surface area contributed by atoms with Gasteiger partial charge in [0, 0.05) is 29.2 Å². The van der Waals surface area contributed by atoms with E-state index < -0.39 is 0 Å². The van der Waals surface area contributed by atoms with Gasteiger partial charge in [-0.05, 0) is 43.2 Å². The Morgan fingerprint density at radius 2 is 1.59 bits per heavy atom. The first kappa shape index (κ1) is 22.4. The third kappa shape index (κ3) is 4.49. The predicted molar refractivity (Wildman–Crippen MR) is 138 cm³/mol. The molecule has 0 atom stereocenters. The van der Waals surface area contributed by atoms with Gasteiger partial charge in [0.1, 0.15) is 0 Å². The number of aryl methyl sites for hydroxylation is 2. The standard InChI is InChI=1S/C28H27ClN4O/c1-20-12-14-24(15-13-20)32-18-31(17-23-10-6-7-11-26(23)29)19-33-27(34)25(21(2)30-28(32)33)16-22-8-4-3-5-9-22/h3-15H,16-19H2,1-2H3. The highest BCUT2D eigenvalue weighted by Crippen LogP contribution is 2.29. The Morgan fingerprint density at radius 3 is 2.32 bits per heavy atom. The number of fused-ring (bicyclic) bond motifs is 1. The Labute approximate surface area is 204 Å². The van der Waals surface area contributed by atoms with Gasteiger partial charge < -0.3 is 0 Å². The molecule has 3 aromatic carbocycles. The molecule has 0 fully saturated rings. The van der Waals surface area contributed by atoms with Crippen LogP contribution in [-0.2, 0) is 19.6 Å². The molecule has 5 nitrogen and oxygen atoms in total. The van der Waals surface area contributed by atoms with Crippen LogP contribution in [0.5, 0.6) is 0 Å². The van der Waals surface area contributed by atoms with Gasteiger partial charge in [-0.2, -0.15) is 0 Å². The lowest BCUT2D eigenvalue weighted by atomic mass is 10.1. The zero-order chi connectivity index (χ0) is 23.7. The van der Waals surface area contributed by atoms with E-state index in [-0.39, 0.29) is 5.56 Å². The topological polar surface area (TPSA) is 41.4 Å². The molecule has 34 heavy (non-hydrogen) atoms. The van der Waals surface area contributed by atoms with Crippen LogP contribution in [0, 0.1) is 13.8 Å². The van der Waals surface area contributed by atoms with Gasteiger partial charge in [0.2, 0.25) is 5.95 Å². The van der Waals surface area contributed by atoms with Crippen molar-refractivity contribution in [1.29, 1.82) is 0 Å². The summed E-state index contributed by atoms with van der Waals surface area (Å²) in [6.45, 7) is 5.70. The smallest absolute Gasteiger partial charge is 0.259 e. The second-order valence-electron chi connectivity index (χ2n) is 8.84. The van der Waals surface area contributed by atoms with E-state index >= 15 is 0 Å². The van der Waals surface area contributed by atoms with E-state index in [1.807, 2.05) is 61.5 Å². The maximum absolute atomic E-state index is 13.8. The lowest BCUT2D eigenvalue weighted by Crippen LogP contribution is -2.47. The number of hydrogen-bond donors (Lipinski definition) is 0. The van der Waals surface area contributed by atoms with Gasteiger partial charge >= 0.3 is 0 Å². The Kier molecular flexibility index (Phi) is 6.22. The molecular formula is C28H27ClN4O. The minimum Gasteiger partial charge on any atom is -0.298 e. The monoisotopic (exact) mass is 470 g/mol. The highest BCUT2D eigenvalue weighted by atomic mass is 35.5. The fourth-order valence-corrected chi connectivity index (χ4v) is 4.62. The van der Waals surface area contributed by atoms with Crippen LogP contribution in [0.25, 0.3) is 0 Å². The van der Waals surface area contributed by atoms with E-state index in [0.717, 1.165) is 33.1 Å². The zero-order valence-corrected chi connectivity index (χ0v) is 20.2. The molecule has 0 amide bonds. The maximum atomic E-state index is 13.8. The van der Waals surface area contributed by atoms with Crippen LogP contribution in [0.3, 0.4) is 0 Å². The Hall–Kier alpha value is -3.41. The summed E-state index contributed by atoms with van der Waals surface area (Å²) in [6, 6.07) is 26.3. The van der Waals surface area contributed by atoms with Gasteiger partial charge in [0.15, 0.2) is 0 Å². The Balaban J connectivity index is 1.58. The molecule has 6 heteroatoms. The summed E-state index contributed by atoms with van der Waals surface area (Å²) in [7, 11) is 0. The molecule has 0 aliphatic carbocycles. The van der Waals surface area contributed by atoms with E-state index in [1.54, 1.807) is 4.57 Å². The van der Waals surface area contributed by atoms with Crippen molar-refractivity contribution in [3.8, 4) is 0 Å². The van der Waals surface area contributed by atoms with Crippen molar-refractivity contribution in [3.63, 3.8) is 0 Å². The first-order valence-corrected chi connectivity index (χ1v) is 11.8. The van der Waals surface area contributed by atoms with Gasteiger partial charge in [-0.3, -0.25) is 19.2 Å². The van der Waals surface area contributed by atoms with Crippen LogP contribution in [0.4, 0.5) is 11.6 Å². The highest BCUT2D eigenvalue weighted by molar-refractivity contribution is 6.31. The van der Waals surface area contributed by atoms with Crippen LogP contribution in [0.15, 0.2) is 83.7 Å². The quantitative estimate of drug-likeness (QED) is 0.376. The number of aromatic nitrogens is 2. The van der Waals surface area contributed by atoms with Crippen molar-refractivity contribution in [1.82, 2.24) is 14.5 Å². The first-order chi connectivity index (χ1) is 16.5. The minimum atomic E-state index is 0.00678. The summed E-state index contributed by atoms with van der Waals surface area (Å²) < 4.78 is 1.80. The molecule has 0 unspecified atom stereocenters. The van der Waals surface area contributed by atoms with Crippen LogP contribution >= 0.6 is 11.6 Å². The van der Waals surface area contributed by atoms with Crippen molar-refractivity contribution >= 4 is 23.2 Å². The second-order valence-corrected chi connectivity index (χ2v) is 9.25. The minimum absolute atomic E-state index is 0.00678. The second kappa shape index (κ2) is 9.45. The van der Waals surface area contributed by atoms with Crippen molar-refractivity contribution in [2.75, 3.05) is 11.6 Å². The molecule has 0 saturated carbocycles. The average Bonchev–Trinajstić information content (AvgIpc) is 2.84. The van der Waals surface area contributed by atoms with Crippen molar-refractivity contribution in [2.45, 2.75) is 33.5 Å². The van der Waals surface area contributed by atoms with E-state index in [0.29, 0.717) is 32.3 Å². The van der Waals surface area contributed by atoms with E-state index in [4.69, 9.17) is 16.6 Å². The molecule has 1 aliphatic rings. The zero-order valence-electron chi connectivity index (χ0n) is 19.4. The number of nitrogens with zero attached hydrogens (tertiary/aromatic N) is 4. The molecule has 5 rings (SSSR count). The normalized spacial score (nSPS) is 13.7. The number of benzene rings is 3. The van der Waals surface area contributed by atoms with Crippen LogP contribution < -0.4 is 10.5 Å². The van der Waals surface area contributed by atoms with Gasteiger partial charge in [0.05, 0.1) is 19.0 Å². The van der Waals surface area contributed by atoms with Crippen molar-refractivity contribution in [3.05, 3.63) is 122 Å². The third-order valence-corrected chi connectivity index (χ3v) is 6.66. The summed E-state index contributed by atoms with van der Waals surface area (Å²) in [5.74, 6) is 0.679. The van der Waals surface area contributed by atoms with E-state index in [1.165, 1.54) is 5.56 Å². The molecule has 1 aromatic heterocycles. The highest BCUT2D eigenvalue weighted by Gasteiger charge is 2.28. The fourth-order valence-electron chi connectivity index (χ4n) is 4.42. The fraction of sp³-hybridized carbons (Fsp3) is 0.214. The number of halogens is 1. The first-order valence-electron chi connectivity index (χ1n) is 11.4. The molecule has 0 spiro atoms. The number of rotatable bonds is 5. The molecule has 4 aromatic rings. The summed E-state index contributed by atoms with van der Waals surface area (Å²) in [4.78, 5) is 23.1. The third-order valence-electron chi connectivity index (χ3n) is 6.29. The molecule has 2 heterocycles. The van der Waals surface area contributed by atoms with Gasteiger partial charge in [-0.15, -0.1) is 0 Å². The summed E-state index contributed by atoms with van der Waals surface area (Å²) >= 11 is 6.46. The van der Waals surface area contributed by atoms with Crippen LogP contribution in [-0.4, -0.2) is 21.1 Å². The lowest BCUT2D eigenvalue weighted by molar-refractivity contribution is 0.190. The molecule has 0 radical (unpaired) electrons. The van der Waals surface area contributed by atoms with Gasteiger partial charge in [-0.1, -0.05) is 77.8 Å². The maximum Gasteiger partial charge on any atom is 0.259 e. The lowest BCUT2D eigenvalue weighted by Gasteiger charge is -2.38.